The third-order valence-corrected chi connectivity index (χ3v) is 6.71. The molecule has 1 fully saturated rings. The number of halogens is 2. The van der Waals surface area contributed by atoms with Crippen molar-refractivity contribution in [1.82, 2.24) is 10.2 Å². The maximum Gasteiger partial charge on any atom is 0.257 e. The second-order valence-electron chi connectivity index (χ2n) is 8.11. The second kappa shape index (κ2) is 9.46. The predicted octanol–water partition coefficient (Wildman–Crippen LogP) is 4.07. The SMILES string of the molecule is COc1cccc2c1CCC1CNC(CCN3CNc4ccccc4C3=O)C21.Cl.Cl. The number of hydrogen-bond donors (Lipinski definition) is 2. The number of carbonyl (C=O) groups is 1. The minimum absolute atomic E-state index is 0. The Kier molecular flexibility index (Phi) is 7.17. The normalized spacial score (nSPS) is 23.8. The molecule has 7 heteroatoms. The molecule has 3 unspecified atom stereocenters. The lowest BCUT2D eigenvalue weighted by Crippen LogP contribution is -2.42. The largest absolute Gasteiger partial charge is 0.496 e. The zero-order valence-electron chi connectivity index (χ0n) is 17.1. The highest BCUT2D eigenvalue weighted by molar-refractivity contribution is 6.01. The van der Waals surface area contributed by atoms with Crippen LogP contribution in [0.15, 0.2) is 42.5 Å². The lowest BCUT2D eigenvalue weighted by molar-refractivity contribution is 0.0751. The van der Waals surface area contributed by atoms with Crippen molar-refractivity contribution < 1.29 is 9.53 Å². The first-order chi connectivity index (χ1) is 13.8. The van der Waals surface area contributed by atoms with Crippen molar-refractivity contribution >= 4 is 36.4 Å². The second-order valence-corrected chi connectivity index (χ2v) is 8.11. The third-order valence-electron chi connectivity index (χ3n) is 6.71. The Morgan fingerprint density at radius 1 is 1.13 bits per heavy atom. The van der Waals surface area contributed by atoms with E-state index in [-0.39, 0.29) is 30.7 Å². The molecule has 0 aromatic heterocycles. The molecule has 162 valence electrons. The summed E-state index contributed by atoms with van der Waals surface area (Å²) in [6.07, 6.45) is 3.27. The molecule has 2 N–H and O–H groups in total. The van der Waals surface area contributed by atoms with Crippen LogP contribution in [0.25, 0.3) is 0 Å². The summed E-state index contributed by atoms with van der Waals surface area (Å²) in [7, 11) is 1.76. The van der Waals surface area contributed by atoms with Gasteiger partial charge in [0.1, 0.15) is 5.75 Å². The zero-order chi connectivity index (χ0) is 19.1. The topological polar surface area (TPSA) is 53.6 Å². The summed E-state index contributed by atoms with van der Waals surface area (Å²) in [6.45, 7) is 2.42. The van der Waals surface area contributed by atoms with Crippen molar-refractivity contribution in [3.8, 4) is 5.75 Å². The molecule has 1 saturated heterocycles. The van der Waals surface area contributed by atoms with E-state index in [1.54, 1.807) is 7.11 Å². The summed E-state index contributed by atoms with van der Waals surface area (Å²) < 4.78 is 5.62. The van der Waals surface area contributed by atoms with Gasteiger partial charge >= 0.3 is 0 Å². The highest BCUT2D eigenvalue weighted by atomic mass is 35.5. The smallest absolute Gasteiger partial charge is 0.257 e. The highest BCUT2D eigenvalue weighted by Gasteiger charge is 2.41. The number of para-hydroxylation sites is 1. The average molecular weight is 450 g/mol. The molecule has 0 bridgehead atoms. The van der Waals surface area contributed by atoms with E-state index in [1.807, 2.05) is 29.2 Å². The number of ether oxygens (including phenoxy) is 1. The lowest BCUT2D eigenvalue weighted by atomic mass is 9.73. The third kappa shape index (κ3) is 3.86. The molecule has 3 aliphatic rings. The number of anilines is 1. The summed E-state index contributed by atoms with van der Waals surface area (Å²) in [4.78, 5) is 14.8. The molecule has 1 aliphatic carbocycles. The number of rotatable bonds is 4. The fourth-order valence-electron chi connectivity index (χ4n) is 5.32. The van der Waals surface area contributed by atoms with Gasteiger partial charge in [-0.3, -0.25) is 4.79 Å². The molecule has 5 rings (SSSR count). The van der Waals surface area contributed by atoms with Crippen LogP contribution >= 0.6 is 24.8 Å². The average Bonchev–Trinajstić information content (AvgIpc) is 3.16. The van der Waals surface area contributed by atoms with Crippen LogP contribution in [0, 0.1) is 5.92 Å². The molecule has 0 spiro atoms. The lowest BCUT2D eigenvalue weighted by Gasteiger charge is -2.34. The van der Waals surface area contributed by atoms with Crippen LogP contribution < -0.4 is 15.4 Å². The van der Waals surface area contributed by atoms with Crippen LogP contribution in [0.1, 0.15) is 40.2 Å². The monoisotopic (exact) mass is 449 g/mol. The van der Waals surface area contributed by atoms with Crippen molar-refractivity contribution in [2.45, 2.75) is 31.2 Å². The Morgan fingerprint density at radius 3 is 2.80 bits per heavy atom. The van der Waals surface area contributed by atoms with E-state index in [2.05, 4.69) is 28.8 Å². The van der Waals surface area contributed by atoms with Gasteiger partial charge in [0.15, 0.2) is 0 Å². The van der Waals surface area contributed by atoms with Crippen LogP contribution in [0.3, 0.4) is 0 Å². The summed E-state index contributed by atoms with van der Waals surface area (Å²) in [5, 5.41) is 7.13. The van der Waals surface area contributed by atoms with E-state index in [1.165, 1.54) is 17.5 Å². The summed E-state index contributed by atoms with van der Waals surface area (Å²) in [6, 6.07) is 14.6. The fourth-order valence-corrected chi connectivity index (χ4v) is 5.32. The van der Waals surface area contributed by atoms with Crippen LogP contribution in [0.4, 0.5) is 5.69 Å². The Balaban J connectivity index is 0.00000128. The standard InChI is InChI=1S/C23H27N3O2.2ClH/c1-28-21-8-4-6-17-16(21)10-9-15-13-24-20(22(15)17)11-12-26-14-25-19-7-3-2-5-18(19)23(26)27;;/h2-8,15,20,22,24-25H,9-14H2,1H3;2*1H. The number of methoxy groups -OCH3 is 1. The minimum atomic E-state index is 0. The molecule has 3 atom stereocenters. The Hall–Kier alpha value is -1.95. The van der Waals surface area contributed by atoms with Crippen molar-refractivity contribution in [1.29, 1.82) is 0 Å². The summed E-state index contributed by atoms with van der Waals surface area (Å²) in [5.41, 5.74) is 4.54. The van der Waals surface area contributed by atoms with Crippen LogP contribution in [-0.2, 0) is 6.42 Å². The van der Waals surface area contributed by atoms with Gasteiger partial charge in [0.2, 0.25) is 0 Å². The highest BCUT2D eigenvalue weighted by Crippen LogP contribution is 2.45. The first-order valence-electron chi connectivity index (χ1n) is 10.3. The van der Waals surface area contributed by atoms with Gasteiger partial charge in [0.25, 0.3) is 5.91 Å². The van der Waals surface area contributed by atoms with E-state index >= 15 is 0 Å². The predicted molar refractivity (Wildman–Crippen MR) is 124 cm³/mol. The number of nitrogens with zero attached hydrogens (tertiary/aromatic N) is 1. The molecule has 2 aliphatic heterocycles. The Morgan fingerprint density at radius 2 is 1.97 bits per heavy atom. The van der Waals surface area contributed by atoms with Gasteiger partial charge in [-0.2, -0.15) is 0 Å². The van der Waals surface area contributed by atoms with Gasteiger partial charge in [-0.25, -0.2) is 0 Å². The van der Waals surface area contributed by atoms with Crippen molar-refractivity contribution in [2.24, 2.45) is 5.92 Å². The van der Waals surface area contributed by atoms with Crippen LogP contribution in [-0.4, -0.2) is 43.7 Å². The van der Waals surface area contributed by atoms with Gasteiger partial charge in [-0.05, 0) is 61.1 Å². The number of carbonyl (C=O) groups excluding carboxylic acids is 1. The minimum Gasteiger partial charge on any atom is -0.496 e. The maximum absolute atomic E-state index is 12.8. The first-order valence-corrected chi connectivity index (χ1v) is 10.3. The van der Waals surface area contributed by atoms with Crippen molar-refractivity contribution in [3.05, 3.63) is 59.2 Å². The maximum atomic E-state index is 12.8. The van der Waals surface area contributed by atoms with Gasteiger partial charge in [0.05, 0.1) is 19.3 Å². The summed E-state index contributed by atoms with van der Waals surface area (Å²) >= 11 is 0. The van der Waals surface area contributed by atoms with E-state index in [0.29, 0.717) is 24.5 Å². The van der Waals surface area contributed by atoms with E-state index in [0.717, 1.165) is 42.9 Å². The molecule has 0 saturated carbocycles. The van der Waals surface area contributed by atoms with E-state index < -0.39 is 0 Å². The van der Waals surface area contributed by atoms with Crippen LogP contribution in [0.5, 0.6) is 5.75 Å². The van der Waals surface area contributed by atoms with Crippen molar-refractivity contribution in [2.75, 3.05) is 32.2 Å². The van der Waals surface area contributed by atoms with Crippen molar-refractivity contribution in [3.63, 3.8) is 0 Å². The number of hydrogen-bond acceptors (Lipinski definition) is 4. The number of benzene rings is 2. The van der Waals surface area contributed by atoms with E-state index in [4.69, 9.17) is 4.74 Å². The van der Waals surface area contributed by atoms with Gasteiger partial charge in [0, 0.05) is 24.2 Å². The molecule has 1 amide bonds. The number of fused-ring (bicyclic) bond motifs is 4. The quantitative estimate of drug-likeness (QED) is 0.738. The first kappa shape index (κ1) is 22.7. The molecule has 0 radical (unpaired) electrons. The molecule has 2 aromatic carbocycles. The van der Waals surface area contributed by atoms with Crippen LogP contribution in [0.2, 0.25) is 0 Å². The molecule has 30 heavy (non-hydrogen) atoms. The molecular weight excluding hydrogens is 421 g/mol. The van der Waals surface area contributed by atoms with Gasteiger partial charge in [-0.1, -0.05) is 24.3 Å². The summed E-state index contributed by atoms with van der Waals surface area (Å²) in [5.74, 6) is 2.35. The Bertz CT molecular complexity index is 908. The molecular formula is C23H29Cl2N3O2. The van der Waals surface area contributed by atoms with Gasteiger partial charge in [-0.15, -0.1) is 24.8 Å². The molecule has 2 aromatic rings. The number of amides is 1. The number of nitrogens with one attached hydrogen (secondary N) is 2. The zero-order valence-corrected chi connectivity index (χ0v) is 18.7. The fraction of sp³-hybridized carbons (Fsp3) is 0.435. The van der Waals surface area contributed by atoms with Gasteiger partial charge < -0.3 is 20.3 Å². The van der Waals surface area contributed by atoms with E-state index in [9.17, 15) is 4.79 Å². The Labute approximate surface area is 190 Å². The molecule has 2 heterocycles. The molecule has 5 nitrogen and oxygen atoms in total.